The van der Waals surface area contributed by atoms with Gasteiger partial charge in [0.15, 0.2) is 0 Å². The molecule has 2 N–H and O–H groups in total. The lowest BCUT2D eigenvalue weighted by Gasteiger charge is -2.26. The Kier molecular flexibility index (Phi) is 5.50. The number of hydrogen-bond donors (Lipinski definition) is 2. The van der Waals surface area contributed by atoms with Crippen molar-refractivity contribution in [1.82, 2.24) is 10.3 Å². The molecule has 0 saturated heterocycles. The zero-order chi connectivity index (χ0) is 18.6. The van der Waals surface area contributed by atoms with E-state index in [9.17, 15) is 18.7 Å². The Morgan fingerprint density at radius 2 is 1.96 bits per heavy atom. The van der Waals surface area contributed by atoms with E-state index in [1.54, 1.807) is 26.8 Å². The first kappa shape index (κ1) is 18.6. The Hall–Kier alpha value is -2.78. The lowest BCUT2D eigenvalue weighted by atomic mass is 10.0. The van der Waals surface area contributed by atoms with Crippen molar-refractivity contribution in [1.29, 1.82) is 0 Å². The van der Waals surface area contributed by atoms with Gasteiger partial charge >= 0.3 is 0 Å². The fourth-order valence-electron chi connectivity index (χ4n) is 1.78. The number of halogens is 2. The fraction of sp³-hybridized carbons (Fsp3) is 0.263. The molecular formula is C19H18F2N2O2. The van der Waals surface area contributed by atoms with E-state index in [4.69, 9.17) is 0 Å². The van der Waals surface area contributed by atoms with Gasteiger partial charge in [0.05, 0.1) is 17.2 Å². The number of nitrogens with one attached hydrogen (secondary N) is 1. The van der Waals surface area contributed by atoms with Crippen LogP contribution in [0.5, 0.6) is 0 Å². The molecule has 1 atom stereocenters. The number of carbonyl (C=O) groups excluding carboxylic acids is 1. The molecule has 0 saturated carbocycles. The summed E-state index contributed by atoms with van der Waals surface area (Å²) in [4.78, 5) is 16.1. The van der Waals surface area contributed by atoms with Crippen LogP contribution in [-0.4, -0.2) is 27.6 Å². The average Bonchev–Trinajstić information content (AvgIpc) is 2.53. The Balaban J connectivity index is 2.10. The van der Waals surface area contributed by atoms with Crippen LogP contribution in [0.4, 0.5) is 8.78 Å². The Morgan fingerprint density at radius 1 is 1.24 bits per heavy atom. The van der Waals surface area contributed by atoms with E-state index in [1.165, 1.54) is 18.3 Å². The number of hydrogen-bond acceptors (Lipinski definition) is 3. The van der Waals surface area contributed by atoms with Crippen molar-refractivity contribution in [2.24, 2.45) is 0 Å². The molecule has 0 aliphatic heterocycles. The number of amides is 1. The van der Waals surface area contributed by atoms with Crippen molar-refractivity contribution in [2.75, 3.05) is 0 Å². The number of benzene rings is 1. The van der Waals surface area contributed by atoms with E-state index in [2.05, 4.69) is 22.1 Å². The molecular weight excluding hydrogens is 326 g/mol. The molecule has 6 heteroatoms. The number of aliphatic hydroxyl groups is 1. The largest absolute Gasteiger partial charge is 0.388 e. The molecule has 25 heavy (non-hydrogen) atoms. The third kappa shape index (κ3) is 5.10. The SMILES string of the molecule is CC(NC(=O)c1ccc(C#Cc2ccc(F)cc2F)cn1)C(C)(C)O. The average molecular weight is 344 g/mol. The molecule has 2 aromatic rings. The van der Waals surface area contributed by atoms with E-state index in [-0.39, 0.29) is 11.3 Å². The van der Waals surface area contributed by atoms with Crippen LogP contribution in [0.1, 0.15) is 42.4 Å². The summed E-state index contributed by atoms with van der Waals surface area (Å²) >= 11 is 0. The highest BCUT2D eigenvalue weighted by molar-refractivity contribution is 5.92. The Morgan fingerprint density at radius 3 is 2.52 bits per heavy atom. The Bertz CT molecular complexity index is 831. The molecule has 1 aromatic carbocycles. The summed E-state index contributed by atoms with van der Waals surface area (Å²) in [5.74, 6) is 3.47. The highest BCUT2D eigenvalue weighted by atomic mass is 19.1. The van der Waals surface area contributed by atoms with Gasteiger partial charge in [-0.2, -0.15) is 0 Å². The molecule has 1 unspecified atom stereocenters. The second-order valence-electron chi connectivity index (χ2n) is 6.16. The van der Waals surface area contributed by atoms with Gasteiger partial charge in [0.1, 0.15) is 17.3 Å². The summed E-state index contributed by atoms with van der Waals surface area (Å²) in [6, 6.07) is 5.75. The van der Waals surface area contributed by atoms with Gasteiger partial charge < -0.3 is 10.4 Å². The number of carbonyl (C=O) groups is 1. The predicted octanol–water partition coefficient (Wildman–Crippen LogP) is 2.65. The quantitative estimate of drug-likeness (QED) is 0.842. The molecule has 130 valence electrons. The topological polar surface area (TPSA) is 62.2 Å². The molecule has 0 fully saturated rings. The van der Waals surface area contributed by atoms with Gasteiger partial charge in [0.25, 0.3) is 5.91 Å². The first-order valence-electron chi connectivity index (χ1n) is 7.63. The summed E-state index contributed by atoms with van der Waals surface area (Å²) in [5, 5.41) is 12.5. The van der Waals surface area contributed by atoms with Crippen molar-refractivity contribution in [3.63, 3.8) is 0 Å². The third-order valence-electron chi connectivity index (χ3n) is 3.68. The van der Waals surface area contributed by atoms with Gasteiger partial charge in [-0.25, -0.2) is 13.8 Å². The molecule has 0 bridgehead atoms. The van der Waals surface area contributed by atoms with Crippen LogP contribution in [0, 0.1) is 23.5 Å². The minimum atomic E-state index is -1.06. The van der Waals surface area contributed by atoms with Crippen LogP contribution in [0.15, 0.2) is 36.5 Å². The summed E-state index contributed by atoms with van der Waals surface area (Å²) in [7, 11) is 0. The third-order valence-corrected chi connectivity index (χ3v) is 3.68. The lowest BCUT2D eigenvalue weighted by molar-refractivity contribution is 0.0407. The number of rotatable bonds is 3. The molecule has 1 heterocycles. The molecule has 2 rings (SSSR count). The van der Waals surface area contributed by atoms with Crippen molar-refractivity contribution >= 4 is 5.91 Å². The van der Waals surface area contributed by atoms with Crippen molar-refractivity contribution in [3.05, 3.63) is 65.0 Å². The number of pyridine rings is 1. The van der Waals surface area contributed by atoms with Crippen molar-refractivity contribution in [2.45, 2.75) is 32.4 Å². The van der Waals surface area contributed by atoms with Crippen LogP contribution < -0.4 is 5.32 Å². The summed E-state index contributed by atoms with van der Waals surface area (Å²) in [6.45, 7) is 4.88. The minimum Gasteiger partial charge on any atom is -0.388 e. The first-order chi connectivity index (χ1) is 11.7. The molecule has 0 aliphatic rings. The lowest BCUT2D eigenvalue weighted by Crippen LogP contribution is -2.47. The zero-order valence-electron chi connectivity index (χ0n) is 14.1. The van der Waals surface area contributed by atoms with Gasteiger partial charge in [0.2, 0.25) is 0 Å². The van der Waals surface area contributed by atoms with Gasteiger partial charge in [-0.15, -0.1) is 0 Å². The second-order valence-corrected chi connectivity index (χ2v) is 6.16. The van der Waals surface area contributed by atoms with E-state index in [1.807, 2.05) is 0 Å². The predicted molar refractivity (Wildman–Crippen MR) is 89.8 cm³/mol. The van der Waals surface area contributed by atoms with E-state index in [0.29, 0.717) is 5.56 Å². The fourth-order valence-corrected chi connectivity index (χ4v) is 1.78. The maximum absolute atomic E-state index is 13.5. The molecule has 0 aliphatic carbocycles. The molecule has 1 amide bonds. The number of aromatic nitrogens is 1. The minimum absolute atomic E-state index is 0.0715. The van der Waals surface area contributed by atoms with Gasteiger partial charge in [-0.05, 0) is 45.0 Å². The van der Waals surface area contributed by atoms with E-state index in [0.717, 1.165) is 12.1 Å². The van der Waals surface area contributed by atoms with Crippen LogP contribution in [-0.2, 0) is 0 Å². The first-order valence-corrected chi connectivity index (χ1v) is 7.63. The summed E-state index contributed by atoms with van der Waals surface area (Å²) in [5.41, 5.74) is -0.326. The highest BCUT2D eigenvalue weighted by Crippen LogP contribution is 2.10. The standard InChI is InChI=1S/C19H18F2N2O2/c1-12(19(2,3)25)23-18(24)17-9-5-13(11-22-17)4-6-14-7-8-15(20)10-16(14)21/h5,7-12,25H,1-3H3,(H,23,24). The molecule has 4 nitrogen and oxygen atoms in total. The molecule has 0 radical (unpaired) electrons. The maximum atomic E-state index is 13.5. The normalized spacial score (nSPS) is 12.1. The van der Waals surface area contributed by atoms with Gasteiger partial charge in [-0.3, -0.25) is 4.79 Å². The molecule has 1 aromatic heterocycles. The van der Waals surface area contributed by atoms with Gasteiger partial charge in [0, 0.05) is 17.8 Å². The van der Waals surface area contributed by atoms with Crippen LogP contribution in [0.25, 0.3) is 0 Å². The van der Waals surface area contributed by atoms with Crippen LogP contribution in [0.2, 0.25) is 0 Å². The van der Waals surface area contributed by atoms with E-state index < -0.39 is 29.2 Å². The summed E-state index contributed by atoms with van der Waals surface area (Å²) in [6.07, 6.45) is 1.39. The zero-order valence-corrected chi connectivity index (χ0v) is 14.1. The molecule has 0 spiro atoms. The van der Waals surface area contributed by atoms with E-state index >= 15 is 0 Å². The summed E-state index contributed by atoms with van der Waals surface area (Å²) < 4.78 is 26.4. The second kappa shape index (κ2) is 7.41. The number of nitrogens with zero attached hydrogens (tertiary/aromatic N) is 1. The maximum Gasteiger partial charge on any atom is 0.270 e. The van der Waals surface area contributed by atoms with Crippen molar-refractivity contribution < 1.29 is 18.7 Å². The van der Waals surface area contributed by atoms with Gasteiger partial charge in [-0.1, -0.05) is 11.8 Å². The Labute approximate surface area is 144 Å². The van der Waals surface area contributed by atoms with Crippen LogP contribution in [0.3, 0.4) is 0 Å². The smallest absolute Gasteiger partial charge is 0.270 e. The van der Waals surface area contributed by atoms with Crippen molar-refractivity contribution in [3.8, 4) is 11.8 Å². The highest BCUT2D eigenvalue weighted by Gasteiger charge is 2.24. The monoisotopic (exact) mass is 344 g/mol. The van der Waals surface area contributed by atoms with Crippen LogP contribution >= 0.6 is 0 Å².